The van der Waals surface area contributed by atoms with Crippen molar-refractivity contribution in [2.45, 2.75) is 59.2 Å². The minimum Gasteiger partial charge on any atom is -0.376 e. The largest absolute Gasteiger partial charge is 0.376 e. The number of likely N-dealkylation sites (N-methyl/N-ethyl adjacent to an activating group) is 1. The Morgan fingerprint density at radius 3 is 2.76 bits per heavy atom. The highest BCUT2D eigenvalue weighted by molar-refractivity contribution is 5.54. The van der Waals surface area contributed by atoms with Gasteiger partial charge in [-0.3, -0.25) is 0 Å². The van der Waals surface area contributed by atoms with E-state index in [1.165, 1.54) is 29.7 Å². The van der Waals surface area contributed by atoms with Gasteiger partial charge in [0.15, 0.2) is 0 Å². The van der Waals surface area contributed by atoms with Gasteiger partial charge in [0.25, 0.3) is 0 Å². The van der Waals surface area contributed by atoms with Gasteiger partial charge >= 0.3 is 0 Å². The van der Waals surface area contributed by atoms with E-state index in [1.807, 2.05) is 0 Å². The zero-order valence-corrected chi connectivity index (χ0v) is 14.0. The van der Waals surface area contributed by atoms with Gasteiger partial charge in [-0.25, -0.2) is 0 Å². The monoisotopic (exact) mass is 290 g/mol. The van der Waals surface area contributed by atoms with Crippen molar-refractivity contribution in [1.29, 1.82) is 0 Å². The van der Waals surface area contributed by atoms with Crippen molar-refractivity contribution in [2.24, 2.45) is 0 Å². The van der Waals surface area contributed by atoms with Crippen molar-refractivity contribution in [3.8, 4) is 0 Å². The Morgan fingerprint density at radius 1 is 1.38 bits per heavy atom. The van der Waals surface area contributed by atoms with E-state index in [9.17, 15) is 0 Å². The Labute approximate surface area is 129 Å². The number of rotatable bonds is 7. The van der Waals surface area contributed by atoms with Crippen molar-refractivity contribution in [3.63, 3.8) is 0 Å². The number of anilines is 1. The lowest BCUT2D eigenvalue weighted by Gasteiger charge is -2.28. The molecule has 2 rings (SSSR count). The molecule has 3 heteroatoms. The molecule has 0 bridgehead atoms. The van der Waals surface area contributed by atoms with Crippen molar-refractivity contribution in [3.05, 3.63) is 29.3 Å². The van der Waals surface area contributed by atoms with E-state index in [0.29, 0.717) is 12.1 Å². The van der Waals surface area contributed by atoms with Crippen molar-refractivity contribution in [2.75, 3.05) is 24.6 Å². The molecule has 1 atom stereocenters. The van der Waals surface area contributed by atoms with E-state index in [0.717, 1.165) is 26.2 Å². The maximum absolute atomic E-state index is 5.78. The van der Waals surface area contributed by atoms with E-state index in [1.54, 1.807) is 0 Å². The molecule has 21 heavy (non-hydrogen) atoms. The summed E-state index contributed by atoms with van der Waals surface area (Å²) in [5, 5.41) is 3.48. The van der Waals surface area contributed by atoms with Crippen molar-refractivity contribution >= 4 is 5.69 Å². The van der Waals surface area contributed by atoms with Gasteiger partial charge in [0.05, 0.1) is 6.10 Å². The van der Waals surface area contributed by atoms with Gasteiger partial charge in [0, 0.05) is 38.0 Å². The van der Waals surface area contributed by atoms with Crippen molar-refractivity contribution < 1.29 is 4.74 Å². The van der Waals surface area contributed by atoms with Crippen LogP contribution in [0, 0.1) is 6.92 Å². The average Bonchev–Trinajstić information content (AvgIpc) is 2.96. The summed E-state index contributed by atoms with van der Waals surface area (Å²) >= 11 is 0. The fourth-order valence-electron chi connectivity index (χ4n) is 2.94. The predicted octanol–water partition coefficient (Wildman–Crippen LogP) is 3.50. The number of nitrogens with zero attached hydrogens (tertiary/aromatic N) is 1. The van der Waals surface area contributed by atoms with Gasteiger partial charge in [-0.05, 0) is 43.9 Å². The highest BCUT2D eigenvalue weighted by atomic mass is 16.5. The minimum absolute atomic E-state index is 0.409. The first-order chi connectivity index (χ1) is 10.1. The molecule has 1 aromatic rings. The molecule has 118 valence electrons. The molecular weight excluding hydrogens is 260 g/mol. The summed E-state index contributed by atoms with van der Waals surface area (Å²) < 4.78 is 5.78. The molecule has 3 nitrogen and oxygen atoms in total. The fourth-order valence-corrected chi connectivity index (χ4v) is 2.94. The molecule has 1 aromatic carbocycles. The van der Waals surface area contributed by atoms with Crippen LogP contribution in [0.15, 0.2) is 18.2 Å². The van der Waals surface area contributed by atoms with E-state index in [-0.39, 0.29) is 0 Å². The van der Waals surface area contributed by atoms with Gasteiger partial charge in [0.1, 0.15) is 0 Å². The first-order valence-electron chi connectivity index (χ1n) is 8.29. The number of ether oxygens (including phenoxy) is 1. The van der Waals surface area contributed by atoms with Crippen LogP contribution in [0.1, 0.15) is 44.7 Å². The standard InChI is InChI=1S/C18H30N2O/c1-5-20(13-17-7-6-10-21-17)18-9-8-16(11-15(18)4)12-19-14(2)3/h8-9,11,14,17,19H,5-7,10,12-13H2,1-4H3. The van der Waals surface area contributed by atoms with Crippen molar-refractivity contribution in [1.82, 2.24) is 5.32 Å². The van der Waals surface area contributed by atoms with Crippen LogP contribution in [0.5, 0.6) is 0 Å². The highest BCUT2D eigenvalue weighted by Crippen LogP contribution is 2.23. The van der Waals surface area contributed by atoms with E-state index >= 15 is 0 Å². The Kier molecular flexibility index (Phi) is 6.07. The van der Waals surface area contributed by atoms with Crippen LogP contribution in [-0.2, 0) is 11.3 Å². The molecular formula is C18H30N2O. The smallest absolute Gasteiger partial charge is 0.0750 e. The summed E-state index contributed by atoms with van der Waals surface area (Å²) in [4.78, 5) is 2.45. The van der Waals surface area contributed by atoms with Crippen LogP contribution in [0.4, 0.5) is 5.69 Å². The maximum atomic E-state index is 5.78. The molecule has 0 radical (unpaired) electrons. The third-order valence-corrected chi connectivity index (χ3v) is 4.15. The first-order valence-corrected chi connectivity index (χ1v) is 8.29. The second-order valence-electron chi connectivity index (χ2n) is 6.33. The van der Waals surface area contributed by atoms with Gasteiger partial charge in [0.2, 0.25) is 0 Å². The zero-order chi connectivity index (χ0) is 15.2. The number of nitrogens with one attached hydrogen (secondary N) is 1. The van der Waals surface area contributed by atoms with E-state index in [4.69, 9.17) is 4.74 Å². The third kappa shape index (κ3) is 4.72. The Hall–Kier alpha value is -1.06. The van der Waals surface area contributed by atoms with Crippen LogP contribution in [0.2, 0.25) is 0 Å². The molecule has 1 aliphatic rings. The molecule has 1 fully saturated rings. The SMILES string of the molecule is CCN(CC1CCCO1)c1ccc(CNC(C)C)cc1C. The molecule has 0 amide bonds. The summed E-state index contributed by atoms with van der Waals surface area (Å²) in [6.07, 6.45) is 2.82. The molecule has 1 unspecified atom stereocenters. The normalized spacial score (nSPS) is 18.4. The molecule has 1 N–H and O–H groups in total. The van der Waals surface area contributed by atoms with Gasteiger partial charge in [-0.15, -0.1) is 0 Å². The zero-order valence-electron chi connectivity index (χ0n) is 14.0. The lowest BCUT2D eigenvalue weighted by atomic mass is 10.1. The first kappa shape index (κ1) is 16.3. The van der Waals surface area contributed by atoms with Crippen LogP contribution in [0.3, 0.4) is 0 Å². The van der Waals surface area contributed by atoms with Crippen LogP contribution < -0.4 is 10.2 Å². The summed E-state index contributed by atoms with van der Waals surface area (Å²) in [5.74, 6) is 0. The number of hydrogen-bond acceptors (Lipinski definition) is 3. The quantitative estimate of drug-likeness (QED) is 0.832. The molecule has 0 aliphatic carbocycles. The summed E-state index contributed by atoms with van der Waals surface area (Å²) in [5.41, 5.74) is 4.07. The lowest BCUT2D eigenvalue weighted by molar-refractivity contribution is 0.115. The fraction of sp³-hybridized carbons (Fsp3) is 0.667. The second-order valence-corrected chi connectivity index (χ2v) is 6.33. The number of aryl methyl sites for hydroxylation is 1. The maximum Gasteiger partial charge on any atom is 0.0750 e. The average molecular weight is 290 g/mol. The highest BCUT2D eigenvalue weighted by Gasteiger charge is 2.19. The molecule has 0 aromatic heterocycles. The van der Waals surface area contributed by atoms with E-state index in [2.05, 4.69) is 56.1 Å². The molecule has 1 heterocycles. The van der Waals surface area contributed by atoms with Crippen LogP contribution in [-0.4, -0.2) is 31.8 Å². The van der Waals surface area contributed by atoms with Gasteiger partial charge < -0.3 is 15.0 Å². The van der Waals surface area contributed by atoms with Crippen LogP contribution >= 0.6 is 0 Å². The Morgan fingerprint density at radius 2 is 2.19 bits per heavy atom. The topological polar surface area (TPSA) is 24.5 Å². The molecule has 1 aliphatic heterocycles. The van der Waals surface area contributed by atoms with Gasteiger partial charge in [-0.1, -0.05) is 26.0 Å². The third-order valence-electron chi connectivity index (χ3n) is 4.15. The Bertz CT molecular complexity index is 439. The predicted molar refractivity (Wildman–Crippen MR) is 90.0 cm³/mol. The minimum atomic E-state index is 0.409. The summed E-state index contributed by atoms with van der Waals surface area (Å²) in [6.45, 7) is 12.7. The summed E-state index contributed by atoms with van der Waals surface area (Å²) in [7, 11) is 0. The molecule has 1 saturated heterocycles. The van der Waals surface area contributed by atoms with Gasteiger partial charge in [-0.2, -0.15) is 0 Å². The van der Waals surface area contributed by atoms with E-state index < -0.39 is 0 Å². The number of hydrogen-bond donors (Lipinski definition) is 1. The second kappa shape index (κ2) is 7.81. The molecule has 0 spiro atoms. The number of benzene rings is 1. The lowest BCUT2D eigenvalue weighted by Crippen LogP contribution is -2.32. The molecule has 0 saturated carbocycles. The summed E-state index contributed by atoms with van der Waals surface area (Å²) in [6, 6.07) is 7.35. The Balaban J connectivity index is 2.03. The van der Waals surface area contributed by atoms with Crippen LogP contribution in [0.25, 0.3) is 0 Å².